The van der Waals surface area contributed by atoms with Gasteiger partial charge in [-0.15, -0.1) is 0 Å². The highest BCUT2D eigenvalue weighted by atomic mass is 19.3. The van der Waals surface area contributed by atoms with Crippen LogP contribution in [0.15, 0.2) is 18.3 Å². The summed E-state index contributed by atoms with van der Waals surface area (Å²) in [4.78, 5) is 16.3. The average Bonchev–Trinajstić information content (AvgIpc) is 3.70. The molecular formula is C33H43F2N9O2. The van der Waals surface area contributed by atoms with Gasteiger partial charge in [-0.1, -0.05) is 6.07 Å². The summed E-state index contributed by atoms with van der Waals surface area (Å²) in [5.41, 5.74) is 5.42. The van der Waals surface area contributed by atoms with E-state index in [0.29, 0.717) is 26.1 Å². The topological polar surface area (TPSA) is 108 Å². The maximum absolute atomic E-state index is 13.2. The number of nitrogens with zero attached hydrogens (tertiary/aromatic N) is 8. The summed E-state index contributed by atoms with van der Waals surface area (Å²) in [6.07, 6.45) is 5.61. The van der Waals surface area contributed by atoms with Crippen molar-refractivity contribution < 1.29 is 18.3 Å². The molecule has 3 saturated heterocycles. The van der Waals surface area contributed by atoms with Crippen LogP contribution in [0.3, 0.4) is 0 Å². The molecule has 1 N–H and O–H groups in total. The second kappa shape index (κ2) is 13.6. The molecule has 4 aliphatic rings. The van der Waals surface area contributed by atoms with E-state index >= 15 is 0 Å². The van der Waals surface area contributed by atoms with Crippen LogP contribution in [0.1, 0.15) is 61.6 Å². The molecule has 0 saturated carbocycles. The molecular weight excluding hydrogens is 592 g/mol. The number of aryl methyl sites for hydroxylation is 1. The first kappa shape index (κ1) is 31.0. The lowest BCUT2D eigenvalue weighted by molar-refractivity contribution is -0.0366. The third kappa shape index (κ3) is 6.35. The summed E-state index contributed by atoms with van der Waals surface area (Å²) in [5.74, 6) is 0.858. The van der Waals surface area contributed by atoms with Gasteiger partial charge in [0.1, 0.15) is 12.4 Å². The second-order valence-corrected chi connectivity index (χ2v) is 13.0. The third-order valence-electron chi connectivity index (χ3n) is 9.89. The molecule has 246 valence electrons. The Balaban J connectivity index is 1.19. The van der Waals surface area contributed by atoms with Crippen molar-refractivity contribution in [1.29, 1.82) is 5.26 Å². The Morgan fingerprint density at radius 1 is 1.13 bits per heavy atom. The van der Waals surface area contributed by atoms with Crippen molar-refractivity contribution in [2.24, 2.45) is 0 Å². The van der Waals surface area contributed by atoms with Gasteiger partial charge in [0, 0.05) is 55.8 Å². The first-order chi connectivity index (χ1) is 22.5. The van der Waals surface area contributed by atoms with E-state index in [0.717, 1.165) is 98.4 Å². The highest BCUT2D eigenvalue weighted by Crippen LogP contribution is 2.38. The lowest BCUT2D eigenvalue weighted by Gasteiger charge is -2.37. The Hall–Kier alpha value is -3.60. The van der Waals surface area contributed by atoms with Gasteiger partial charge in [-0.05, 0) is 63.6 Å². The number of fused-ring (bicyclic) bond motifs is 2. The van der Waals surface area contributed by atoms with E-state index in [4.69, 9.17) is 24.5 Å². The van der Waals surface area contributed by atoms with Gasteiger partial charge in [-0.25, -0.2) is 13.5 Å². The number of likely N-dealkylation sites (tertiary alicyclic amines) is 1. The monoisotopic (exact) mass is 635 g/mol. The predicted octanol–water partition coefficient (Wildman–Crippen LogP) is 4.20. The molecule has 0 amide bonds. The quantitative estimate of drug-likeness (QED) is 0.368. The van der Waals surface area contributed by atoms with Crippen LogP contribution in [0.5, 0.6) is 6.01 Å². The van der Waals surface area contributed by atoms with Crippen LogP contribution in [0, 0.1) is 18.3 Å². The first-order valence-corrected chi connectivity index (χ1v) is 16.7. The molecule has 0 bridgehead atoms. The smallest absolute Gasteiger partial charge is 0.318 e. The molecule has 13 heteroatoms. The number of benzene rings is 1. The molecule has 0 aliphatic carbocycles. The average molecular weight is 636 g/mol. The summed E-state index contributed by atoms with van der Waals surface area (Å²) >= 11 is 0. The van der Waals surface area contributed by atoms with E-state index in [-0.39, 0.29) is 37.5 Å². The van der Waals surface area contributed by atoms with Crippen molar-refractivity contribution >= 4 is 22.4 Å². The highest BCUT2D eigenvalue weighted by Gasteiger charge is 2.32. The molecule has 1 unspecified atom stereocenters. The number of piperazine rings is 1. The Kier molecular flexibility index (Phi) is 9.19. The van der Waals surface area contributed by atoms with Crippen molar-refractivity contribution in [2.45, 2.75) is 83.2 Å². The lowest BCUT2D eigenvalue weighted by atomic mass is 10.0. The van der Waals surface area contributed by atoms with Crippen LogP contribution in [-0.4, -0.2) is 95.6 Å². The minimum absolute atomic E-state index is 0.0423. The van der Waals surface area contributed by atoms with E-state index in [2.05, 4.69) is 40.2 Å². The number of alkyl halides is 2. The largest absolute Gasteiger partial charge is 0.462 e. The SMILES string of the molecule is Cc1ccc2c(cnn2C2CCCCO2)c1N1CCc2c(nc(OC[C@@H]3CCCN3CC(F)F)nc2N2CCN[C@@H](CC#N)C2)C1. The highest BCUT2D eigenvalue weighted by molar-refractivity contribution is 5.94. The first-order valence-electron chi connectivity index (χ1n) is 16.7. The Morgan fingerprint density at radius 2 is 2.04 bits per heavy atom. The summed E-state index contributed by atoms with van der Waals surface area (Å²) in [6.45, 7) is 7.16. The minimum Gasteiger partial charge on any atom is -0.462 e. The number of nitriles is 1. The number of hydrogen-bond donors (Lipinski definition) is 1. The fraction of sp³-hybridized carbons (Fsp3) is 0.636. The van der Waals surface area contributed by atoms with Crippen molar-refractivity contribution in [3.05, 3.63) is 35.2 Å². The molecule has 3 atom stereocenters. The van der Waals surface area contributed by atoms with E-state index in [1.165, 1.54) is 5.56 Å². The van der Waals surface area contributed by atoms with E-state index in [9.17, 15) is 14.0 Å². The molecule has 7 rings (SSSR count). The van der Waals surface area contributed by atoms with Crippen molar-refractivity contribution in [1.82, 2.24) is 30.0 Å². The number of halogens is 2. The Morgan fingerprint density at radius 3 is 2.87 bits per heavy atom. The van der Waals surface area contributed by atoms with Gasteiger partial charge in [0.2, 0.25) is 0 Å². The zero-order valence-electron chi connectivity index (χ0n) is 26.5. The van der Waals surface area contributed by atoms with Crippen LogP contribution < -0.4 is 19.9 Å². The molecule has 11 nitrogen and oxygen atoms in total. The fourth-order valence-corrected chi connectivity index (χ4v) is 7.62. The predicted molar refractivity (Wildman–Crippen MR) is 170 cm³/mol. The number of hydrogen-bond acceptors (Lipinski definition) is 10. The van der Waals surface area contributed by atoms with Gasteiger partial charge < -0.3 is 24.6 Å². The van der Waals surface area contributed by atoms with Gasteiger partial charge in [-0.2, -0.15) is 20.3 Å². The minimum atomic E-state index is -2.37. The lowest BCUT2D eigenvalue weighted by Crippen LogP contribution is -2.51. The molecule has 46 heavy (non-hydrogen) atoms. The molecule has 0 spiro atoms. The number of aromatic nitrogens is 4. The Bertz CT molecular complexity index is 1570. The number of ether oxygens (including phenoxy) is 2. The molecule has 3 aromatic rings. The van der Waals surface area contributed by atoms with Crippen molar-refractivity contribution in [2.75, 3.05) is 62.3 Å². The number of rotatable bonds is 9. The van der Waals surface area contributed by atoms with Crippen LogP contribution in [0.2, 0.25) is 0 Å². The zero-order valence-corrected chi connectivity index (χ0v) is 26.5. The normalized spacial score (nSPS) is 24.0. The fourth-order valence-electron chi connectivity index (χ4n) is 7.62. The summed E-state index contributed by atoms with van der Waals surface area (Å²) < 4.78 is 40.7. The second-order valence-electron chi connectivity index (χ2n) is 13.0. The van der Waals surface area contributed by atoms with Crippen LogP contribution >= 0.6 is 0 Å². The molecule has 2 aromatic heterocycles. The van der Waals surface area contributed by atoms with Gasteiger partial charge in [0.15, 0.2) is 6.23 Å². The van der Waals surface area contributed by atoms with E-state index in [1.807, 2.05) is 15.8 Å². The Labute approximate surface area is 268 Å². The van der Waals surface area contributed by atoms with Crippen LogP contribution in [0.25, 0.3) is 10.9 Å². The zero-order chi connectivity index (χ0) is 31.6. The molecule has 6 heterocycles. The molecule has 4 aliphatic heterocycles. The van der Waals surface area contributed by atoms with Crippen molar-refractivity contribution in [3.63, 3.8) is 0 Å². The third-order valence-corrected chi connectivity index (χ3v) is 9.89. The summed E-state index contributed by atoms with van der Waals surface area (Å²) in [6, 6.07) is 6.86. The van der Waals surface area contributed by atoms with Gasteiger partial charge >= 0.3 is 6.01 Å². The maximum atomic E-state index is 13.2. The van der Waals surface area contributed by atoms with Gasteiger partial charge in [0.05, 0.1) is 48.7 Å². The van der Waals surface area contributed by atoms with Gasteiger partial charge in [0.25, 0.3) is 6.43 Å². The van der Waals surface area contributed by atoms with Crippen LogP contribution in [0.4, 0.5) is 20.3 Å². The van der Waals surface area contributed by atoms with Crippen LogP contribution in [-0.2, 0) is 17.7 Å². The number of nitrogens with one attached hydrogen (secondary N) is 1. The molecule has 1 aromatic carbocycles. The maximum Gasteiger partial charge on any atom is 0.318 e. The van der Waals surface area contributed by atoms with E-state index < -0.39 is 6.43 Å². The van der Waals surface area contributed by atoms with Crippen molar-refractivity contribution in [3.8, 4) is 12.1 Å². The molecule has 3 fully saturated rings. The molecule has 0 radical (unpaired) electrons. The summed E-state index contributed by atoms with van der Waals surface area (Å²) in [7, 11) is 0. The van der Waals surface area contributed by atoms with E-state index in [1.54, 1.807) is 0 Å². The summed E-state index contributed by atoms with van der Waals surface area (Å²) in [5, 5.41) is 18.7. The standard InChI is InChI=1S/C33H43F2N9O2/c1-22-7-8-28-26(17-38-44(28)30-6-2-3-16-45-30)31(22)42-14-10-25-27(19-42)39-33(46-21-24-5-4-13-41(24)20-29(34)35)40-32(25)43-15-12-37-23(18-43)9-11-36/h7-8,17,23-24,29-30,37H,2-6,9-10,12-16,18-21H2,1H3/t23-,24-,30?/m0/s1. The van der Waals surface area contributed by atoms with Gasteiger partial charge in [-0.3, -0.25) is 4.90 Å². The number of anilines is 2.